The fraction of sp³-hybridized carbons (Fsp3) is 1.00. The zero-order chi connectivity index (χ0) is 5.28. The van der Waals surface area contributed by atoms with E-state index in [1.165, 1.54) is 0 Å². The van der Waals surface area contributed by atoms with Crippen LogP contribution in [-0.4, -0.2) is 16.2 Å². The number of hydrogen-bond donors (Lipinski definition) is 0. The van der Waals surface area contributed by atoms with E-state index in [1.54, 1.807) is 17.4 Å². The first-order chi connectivity index (χ1) is 3.33. The van der Waals surface area contributed by atoms with Crippen LogP contribution in [0, 0.1) is 0 Å². The molecule has 0 N–H and O–H groups in total. The van der Waals surface area contributed by atoms with Crippen LogP contribution < -0.4 is 0 Å². The molecule has 1 saturated heterocycles. The summed E-state index contributed by atoms with van der Waals surface area (Å²) in [5.41, 5.74) is 3.38. The average Bonchev–Trinajstić information content (AvgIpc) is 1.58. The Morgan fingerprint density at radius 1 is 1.57 bits per heavy atom. The van der Waals surface area contributed by atoms with E-state index in [4.69, 9.17) is 0 Å². The molecule has 0 atom stereocenters. The van der Waals surface area contributed by atoms with Gasteiger partial charge < -0.3 is 0 Å². The van der Waals surface area contributed by atoms with Gasteiger partial charge in [-0.3, -0.25) is 0 Å². The van der Waals surface area contributed by atoms with Crippen molar-refractivity contribution in [2.75, 3.05) is 0 Å². The Balaban J connectivity index is 2.06. The standard InChI is InChI=1S/C4H11BrSi2/c1-2-6-3-7(5)4-6/h6-7H,2-4H2,1H3. The number of halogens is 1. The van der Waals surface area contributed by atoms with Crippen LogP contribution in [0.25, 0.3) is 0 Å². The first-order valence-corrected chi connectivity index (χ1v) is 10.2. The Hall–Kier alpha value is 0.914. The highest BCUT2D eigenvalue weighted by molar-refractivity contribution is 9.24. The lowest BCUT2D eigenvalue weighted by Gasteiger charge is -2.26. The van der Waals surface area contributed by atoms with E-state index < -0.39 is 0 Å². The highest BCUT2D eigenvalue weighted by Gasteiger charge is 2.27. The van der Waals surface area contributed by atoms with Gasteiger partial charge in [-0.15, -0.1) is 15.3 Å². The molecule has 0 radical (unpaired) electrons. The predicted octanol–water partition coefficient (Wildman–Crippen LogP) is 1.44. The van der Waals surface area contributed by atoms with Crippen molar-refractivity contribution in [3.8, 4) is 0 Å². The molecule has 0 saturated carbocycles. The van der Waals surface area contributed by atoms with Crippen LogP contribution in [0.3, 0.4) is 0 Å². The molecule has 0 spiro atoms. The van der Waals surface area contributed by atoms with Crippen LogP contribution in [0.4, 0.5) is 0 Å². The van der Waals surface area contributed by atoms with Gasteiger partial charge in [0.05, 0.1) is 0 Å². The van der Waals surface area contributed by atoms with Crippen molar-refractivity contribution in [1.29, 1.82) is 0 Å². The fourth-order valence-electron chi connectivity index (χ4n) is 0.988. The van der Waals surface area contributed by atoms with E-state index in [0.29, 0.717) is 0 Å². The van der Waals surface area contributed by atoms with Crippen molar-refractivity contribution in [2.24, 2.45) is 0 Å². The zero-order valence-corrected chi connectivity index (χ0v) is 8.55. The van der Waals surface area contributed by atoms with Crippen LogP contribution >= 0.6 is 15.3 Å². The van der Waals surface area contributed by atoms with Crippen molar-refractivity contribution in [3.63, 3.8) is 0 Å². The van der Waals surface area contributed by atoms with E-state index in [1.807, 2.05) is 0 Å². The number of hydrogen-bond acceptors (Lipinski definition) is 0. The van der Waals surface area contributed by atoms with Crippen molar-refractivity contribution in [3.05, 3.63) is 0 Å². The molecule has 0 nitrogen and oxygen atoms in total. The maximum Gasteiger partial charge on any atom is 0.109 e. The van der Waals surface area contributed by atoms with Crippen molar-refractivity contribution in [1.82, 2.24) is 0 Å². The summed E-state index contributed by atoms with van der Waals surface area (Å²) in [5.74, 6) is 0. The lowest BCUT2D eigenvalue weighted by Crippen LogP contribution is -2.34. The molecular weight excluding hydrogens is 184 g/mol. The molecule has 0 aromatic heterocycles. The molecular formula is C4H11BrSi2. The molecule has 1 rings (SSSR count). The van der Waals surface area contributed by atoms with Gasteiger partial charge in [-0.1, -0.05) is 24.3 Å². The predicted molar refractivity (Wildman–Crippen MR) is 43.3 cm³/mol. The van der Waals surface area contributed by atoms with Crippen molar-refractivity contribution >= 4 is 31.5 Å². The maximum absolute atomic E-state index is 3.71. The largest absolute Gasteiger partial charge is 0.131 e. The highest BCUT2D eigenvalue weighted by atomic mass is 79.9. The van der Waals surface area contributed by atoms with Crippen LogP contribution in [-0.2, 0) is 0 Å². The summed E-state index contributed by atoms with van der Waals surface area (Å²) < 4.78 is 0. The molecule has 1 aliphatic heterocycles. The van der Waals surface area contributed by atoms with E-state index in [9.17, 15) is 0 Å². The SMILES string of the molecule is CC[SiH]1C[SiH](Br)C1. The summed E-state index contributed by atoms with van der Waals surface area (Å²) in [6.45, 7) is 2.35. The summed E-state index contributed by atoms with van der Waals surface area (Å²) in [4.78, 5) is 0. The zero-order valence-electron chi connectivity index (χ0n) is 4.65. The molecule has 42 valence electrons. The van der Waals surface area contributed by atoms with Crippen LogP contribution in [0.5, 0.6) is 0 Å². The highest BCUT2D eigenvalue weighted by Crippen LogP contribution is 2.26. The number of rotatable bonds is 1. The van der Waals surface area contributed by atoms with Gasteiger partial charge in [-0.25, -0.2) is 0 Å². The first kappa shape index (κ1) is 6.04. The Morgan fingerprint density at radius 2 is 2.14 bits per heavy atom. The Labute approximate surface area is 56.1 Å². The monoisotopic (exact) mass is 194 g/mol. The maximum atomic E-state index is 3.71. The van der Waals surface area contributed by atoms with Crippen LogP contribution in [0.1, 0.15) is 6.92 Å². The van der Waals surface area contributed by atoms with Crippen molar-refractivity contribution in [2.45, 2.75) is 24.3 Å². The van der Waals surface area contributed by atoms with Crippen LogP contribution in [0.15, 0.2) is 0 Å². The minimum atomic E-state index is -0.170. The van der Waals surface area contributed by atoms with Gasteiger partial charge in [-0.05, 0) is 0 Å². The lowest BCUT2D eigenvalue weighted by molar-refractivity contribution is 1.35. The fourth-order valence-corrected chi connectivity index (χ4v) is 18.4. The van der Waals surface area contributed by atoms with Gasteiger partial charge in [0.25, 0.3) is 0 Å². The second kappa shape index (κ2) is 2.46. The lowest BCUT2D eigenvalue weighted by atomic mass is 11.0. The third-order valence-corrected chi connectivity index (χ3v) is 19.1. The molecule has 0 unspecified atom stereocenters. The third-order valence-electron chi connectivity index (χ3n) is 1.76. The van der Waals surface area contributed by atoms with Crippen molar-refractivity contribution < 1.29 is 0 Å². The molecule has 0 bridgehead atoms. The first-order valence-electron chi connectivity index (χ1n) is 2.97. The van der Waals surface area contributed by atoms with E-state index in [-0.39, 0.29) is 16.2 Å². The molecule has 0 aromatic carbocycles. The van der Waals surface area contributed by atoms with Gasteiger partial charge in [0.1, 0.15) is 7.42 Å². The smallest absolute Gasteiger partial charge is 0.109 e. The van der Waals surface area contributed by atoms with E-state index in [2.05, 4.69) is 22.2 Å². The summed E-state index contributed by atoms with van der Waals surface area (Å²) in [5, 5.41) is 0. The second-order valence-corrected chi connectivity index (χ2v) is 13.7. The summed E-state index contributed by atoms with van der Waals surface area (Å²) in [7, 11) is -0.193. The molecule has 7 heavy (non-hydrogen) atoms. The molecule has 1 fully saturated rings. The summed E-state index contributed by atoms with van der Waals surface area (Å²) in [6, 6.07) is 1.55. The molecule has 0 aliphatic carbocycles. The van der Waals surface area contributed by atoms with E-state index in [0.717, 1.165) is 0 Å². The average molecular weight is 195 g/mol. The Kier molecular flexibility index (Phi) is 2.12. The normalized spacial score (nSPS) is 40.3. The van der Waals surface area contributed by atoms with Gasteiger partial charge >= 0.3 is 0 Å². The second-order valence-electron chi connectivity index (χ2n) is 2.34. The minimum absolute atomic E-state index is 0.0230. The van der Waals surface area contributed by atoms with Gasteiger partial charge in [0.15, 0.2) is 0 Å². The van der Waals surface area contributed by atoms with Gasteiger partial charge in [0.2, 0.25) is 0 Å². The van der Waals surface area contributed by atoms with E-state index >= 15 is 0 Å². The Morgan fingerprint density at radius 3 is 2.29 bits per heavy atom. The van der Waals surface area contributed by atoms with Gasteiger partial charge in [0, 0.05) is 8.80 Å². The quantitative estimate of drug-likeness (QED) is 0.439. The Bertz CT molecular complexity index is 60.7. The molecule has 1 aliphatic rings. The third kappa shape index (κ3) is 1.40. The summed E-state index contributed by atoms with van der Waals surface area (Å²) in [6.07, 6.45) is 0. The van der Waals surface area contributed by atoms with Gasteiger partial charge in [-0.2, -0.15) is 0 Å². The molecule has 1 heterocycles. The molecule has 3 heteroatoms. The summed E-state index contributed by atoms with van der Waals surface area (Å²) >= 11 is 3.71. The van der Waals surface area contributed by atoms with Crippen LogP contribution in [0.2, 0.25) is 17.4 Å². The topological polar surface area (TPSA) is 0 Å². The minimum Gasteiger partial charge on any atom is -0.131 e. The molecule has 0 amide bonds. The molecule has 0 aromatic rings.